The van der Waals surface area contributed by atoms with Crippen molar-refractivity contribution in [3.8, 4) is 5.75 Å². The van der Waals surface area contributed by atoms with Crippen LogP contribution in [-0.2, 0) is 6.54 Å². The van der Waals surface area contributed by atoms with Gasteiger partial charge in [-0.15, -0.1) is 0 Å². The zero-order chi connectivity index (χ0) is 21.3. The minimum Gasteiger partial charge on any atom is -0.497 e. The Bertz CT molecular complexity index is 863. The summed E-state index contributed by atoms with van der Waals surface area (Å²) < 4.78 is 5.29. The van der Waals surface area contributed by atoms with Crippen LogP contribution in [0, 0.1) is 10.1 Å². The number of non-ortho nitro benzene ring substituents is 1. The first-order chi connectivity index (χ1) is 14.6. The lowest BCUT2D eigenvalue weighted by atomic mass is 10.1. The predicted molar refractivity (Wildman–Crippen MR) is 118 cm³/mol. The van der Waals surface area contributed by atoms with E-state index in [0.29, 0.717) is 19.0 Å². The molecule has 160 valence electrons. The number of hydrogen-bond donors (Lipinski definition) is 2. The van der Waals surface area contributed by atoms with Crippen molar-refractivity contribution in [3.05, 3.63) is 69.8 Å². The summed E-state index contributed by atoms with van der Waals surface area (Å²) in [7, 11) is 3.40. The largest absolute Gasteiger partial charge is 0.497 e. The summed E-state index contributed by atoms with van der Waals surface area (Å²) in [6.07, 6.45) is 2.43. The number of nitro groups is 1. The molecule has 1 atom stereocenters. The Morgan fingerprint density at radius 2 is 1.93 bits per heavy atom. The molecule has 0 aliphatic carbocycles. The van der Waals surface area contributed by atoms with Crippen LogP contribution in [0.1, 0.15) is 30.0 Å². The first-order valence-corrected chi connectivity index (χ1v) is 10.2. The number of methoxy groups -OCH3 is 1. The molecule has 0 radical (unpaired) electrons. The van der Waals surface area contributed by atoms with E-state index in [1.807, 2.05) is 18.2 Å². The number of ether oxygens (including phenoxy) is 1. The highest BCUT2D eigenvalue weighted by atomic mass is 16.6. The highest BCUT2D eigenvalue weighted by Gasteiger charge is 2.23. The molecule has 0 amide bonds. The number of hydrogen-bond acceptors (Lipinski definition) is 5. The molecule has 1 heterocycles. The van der Waals surface area contributed by atoms with Gasteiger partial charge >= 0.3 is 0 Å². The molecular formula is C22H29N5O3. The number of nitrogens with zero attached hydrogens (tertiary/aromatic N) is 3. The summed E-state index contributed by atoms with van der Waals surface area (Å²) in [6, 6.07) is 15.1. The predicted octanol–water partition coefficient (Wildman–Crippen LogP) is 3.11. The monoisotopic (exact) mass is 411 g/mol. The number of likely N-dealkylation sites (tertiary alicyclic amines) is 1. The van der Waals surface area contributed by atoms with E-state index in [-0.39, 0.29) is 16.7 Å². The van der Waals surface area contributed by atoms with Crippen LogP contribution in [0.15, 0.2) is 53.5 Å². The minimum absolute atomic E-state index is 0.0887. The van der Waals surface area contributed by atoms with E-state index in [2.05, 4.69) is 32.7 Å². The van der Waals surface area contributed by atoms with Gasteiger partial charge in [-0.3, -0.25) is 20.0 Å². The number of benzene rings is 2. The zero-order valence-electron chi connectivity index (χ0n) is 17.5. The first-order valence-electron chi connectivity index (χ1n) is 10.2. The molecule has 8 nitrogen and oxygen atoms in total. The lowest BCUT2D eigenvalue weighted by Crippen LogP contribution is -2.42. The van der Waals surface area contributed by atoms with Gasteiger partial charge < -0.3 is 15.4 Å². The van der Waals surface area contributed by atoms with Crippen molar-refractivity contribution >= 4 is 11.6 Å². The molecule has 2 aromatic rings. The number of guanidine groups is 1. The van der Waals surface area contributed by atoms with E-state index in [1.165, 1.54) is 24.5 Å². The fourth-order valence-corrected chi connectivity index (χ4v) is 3.72. The Balaban J connectivity index is 1.62. The molecule has 2 aromatic carbocycles. The minimum atomic E-state index is -0.383. The van der Waals surface area contributed by atoms with Crippen molar-refractivity contribution < 1.29 is 9.66 Å². The molecule has 8 heteroatoms. The maximum atomic E-state index is 11.0. The third kappa shape index (κ3) is 5.70. The summed E-state index contributed by atoms with van der Waals surface area (Å²) in [5.74, 6) is 1.51. The summed E-state index contributed by atoms with van der Waals surface area (Å²) in [6.45, 7) is 3.33. The fraction of sp³-hybridized carbons (Fsp3) is 0.409. The summed E-state index contributed by atoms with van der Waals surface area (Å²) >= 11 is 0. The Morgan fingerprint density at radius 3 is 2.57 bits per heavy atom. The molecule has 0 saturated carbocycles. The van der Waals surface area contributed by atoms with E-state index in [1.54, 1.807) is 26.3 Å². The number of rotatable bonds is 8. The number of nitro benzene ring substituents is 1. The average Bonchev–Trinajstić information content (AvgIpc) is 3.31. The van der Waals surface area contributed by atoms with Crippen molar-refractivity contribution in [1.29, 1.82) is 0 Å². The van der Waals surface area contributed by atoms with Gasteiger partial charge in [0.2, 0.25) is 0 Å². The second kappa shape index (κ2) is 10.6. The smallest absolute Gasteiger partial charge is 0.269 e. The van der Waals surface area contributed by atoms with E-state index in [4.69, 9.17) is 4.74 Å². The van der Waals surface area contributed by atoms with Crippen LogP contribution in [0.5, 0.6) is 5.75 Å². The van der Waals surface area contributed by atoms with Gasteiger partial charge in [0.15, 0.2) is 5.96 Å². The topological polar surface area (TPSA) is 92.0 Å². The zero-order valence-corrected chi connectivity index (χ0v) is 17.5. The summed E-state index contributed by atoms with van der Waals surface area (Å²) in [5.41, 5.74) is 2.16. The van der Waals surface area contributed by atoms with Gasteiger partial charge in [0.1, 0.15) is 5.75 Å². The van der Waals surface area contributed by atoms with E-state index < -0.39 is 0 Å². The Labute approximate surface area is 177 Å². The number of aliphatic imine (C=N–C) groups is 1. The average molecular weight is 412 g/mol. The maximum Gasteiger partial charge on any atom is 0.269 e. The molecule has 2 N–H and O–H groups in total. The molecule has 0 spiro atoms. The molecule has 1 fully saturated rings. The molecule has 30 heavy (non-hydrogen) atoms. The van der Waals surface area contributed by atoms with Crippen molar-refractivity contribution in [2.75, 3.05) is 33.8 Å². The Hall–Kier alpha value is -3.13. The number of nitrogens with one attached hydrogen (secondary N) is 2. The van der Waals surface area contributed by atoms with Gasteiger partial charge in [0, 0.05) is 32.3 Å². The lowest BCUT2D eigenvalue weighted by Gasteiger charge is -2.29. The van der Waals surface area contributed by atoms with Crippen LogP contribution in [0.3, 0.4) is 0 Å². The van der Waals surface area contributed by atoms with E-state index >= 15 is 0 Å². The van der Waals surface area contributed by atoms with Gasteiger partial charge in [-0.25, -0.2) is 0 Å². The maximum absolute atomic E-state index is 11.0. The normalized spacial score (nSPS) is 15.6. The van der Waals surface area contributed by atoms with Gasteiger partial charge in [-0.05, 0) is 49.2 Å². The molecule has 0 bridgehead atoms. The molecule has 3 rings (SSSR count). The molecule has 1 aliphatic heterocycles. The van der Waals surface area contributed by atoms with Crippen LogP contribution in [0.25, 0.3) is 0 Å². The van der Waals surface area contributed by atoms with Crippen LogP contribution < -0.4 is 15.4 Å². The summed E-state index contributed by atoms with van der Waals surface area (Å²) in [4.78, 5) is 17.4. The third-order valence-corrected chi connectivity index (χ3v) is 5.35. The Morgan fingerprint density at radius 1 is 1.20 bits per heavy atom. The van der Waals surface area contributed by atoms with Gasteiger partial charge in [-0.1, -0.05) is 24.3 Å². The van der Waals surface area contributed by atoms with Crippen molar-refractivity contribution in [2.24, 2.45) is 4.99 Å². The SMILES string of the molecule is CN=C(NCc1cccc([N+](=O)[O-])c1)NCC(c1ccc(OC)cc1)N1CCCC1. The van der Waals surface area contributed by atoms with Crippen LogP contribution in [0.2, 0.25) is 0 Å². The fourth-order valence-electron chi connectivity index (χ4n) is 3.72. The highest BCUT2D eigenvalue weighted by molar-refractivity contribution is 5.79. The molecule has 1 aliphatic rings. The second-order valence-electron chi connectivity index (χ2n) is 7.27. The molecule has 1 unspecified atom stereocenters. The Kier molecular flexibility index (Phi) is 7.62. The first kappa shape index (κ1) is 21.6. The lowest BCUT2D eigenvalue weighted by molar-refractivity contribution is -0.384. The molecular weight excluding hydrogens is 382 g/mol. The van der Waals surface area contributed by atoms with E-state index in [0.717, 1.165) is 24.4 Å². The molecule has 0 aromatic heterocycles. The molecule has 1 saturated heterocycles. The van der Waals surface area contributed by atoms with Crippen molar-refractivity contribution in [2.45, 2.75) is 25.4 Å². The van der Waals surface area contributed by atoms with Crippen LogP contribution in [-0.4, -0.2) is 49.6 Å². The standard InChI is InChI=1S/C22H29N5O3/c1-23-22(24-15-17-6-5-7-19(14-17)27(28)29)25-16-21(26-12-3-4-13-26)18-8-10-20(30-2)11-9-18/h5-11,14,21H,3-4,12-13,15-16H2,1-2H3,(H2,23,24,25). The van der Waals surface area contributed by atoms with Crippen LogP contribution >= 0.6 is 0 Å². The van der Waals surface area contributed by atoms with Crippen LogP contribution in [0.4, 0.5) is 5.69 Å². The quantitative estimate of drug-likeness (QED) is 0.300. The van der Waals surface area contributed by atoms with Gasteiger partial charge in [0.25, 0.3) is 5.69 Å². The highest BCUT2D eigenvalue weighted by Crippen LogP contribution is 2.26. The van der Waals surface area contributed by atoms with Gasteiger partial charge in [0.05, 0.1) is 18.1 Å². The van der Waals surface area contributed by atoms with Gasteiger partial charge in [-0.2, -0.15) is 0 Å². The second-order valence-corrected chi connectivity index (χ2v) is 7.27. The van der Waals surface area contributed by atoms with Crippen molar-refractivity contribution in [1.82, 2.24) is 15.5 Å². The summed E-state index contributed by atoms with van der Waals surface area (Å²) in [5, 5.41) is 17.6. The van der Waals surface area contributed by atoms with Crippen molar-refractivity contribution in [3.63, 3.8) is 0 Å². The third-order valence-electron chi connectivity index (χ3n) is 5.35. The van der Waals surface area contributed by atoms with E-state index in [9.17, 15) is 10.1 Å².